The van der Waals surface area contributed by atoms with Crippen molar-refractivity contribution in [3.8, 4) is 0 Å². The van der Waals surface area contributed by atoms with Gasteiger partial charge >= 0.3 is 7.12 Å². The van der Waals surface area contributed by atoms with Gasteiger partial charge in [0.2, 0.25) is 0 Å². The number of benzene rings is 1. The lowest BCUT2D eigenvalue weighted by Crippen LogP contribution is -2.41. The van der Waals surface area contributed by atoms with Crippen molar-refractivity contribution < 1.29 is 13.7 Å². The van der Waals surface area contributed by atoms with E-state index in [0.717, 1.165) is 5.56 Å². The molecule has 0 saturated carbocycles. The summed E-state index contributed by atoms with van der Waals surface area (Å²) >= 11 is 0. The van der Waals surface area contributed by atoms with Crippen LogP contribution >= 0.6 is 0 Å². The normalized spacial score (nSPS) is 21.3. The molecule has 0 atom stereocenters. The van der Waals surface area contributed by atoms with E-state index in [4.69, 9.17) is 9.31 Å². The van der Waals surface area contributed by atoms with Crippen molar-refractivity contribution in [1.82, 2.24) is 0 Å². The van der Waals surface area contributed by atoms with Gasteiger partial charge in [-0.15, -0.1) is 0 Å². The zero-order valence-electron chi connectivity index (χ0n) is 14.7. The van der Waals surface area contributed by atoms with Crippen molar-refractivity contribution >= 4 is 13.2 Å². The van der Waals surface area contributed by atoms with Crippen LogP contribution in [0.5, 0.6) is 0 Å². The third-order valence-electron chi connectivity index (χ3n) is 4.56. The highest BCUT2D eigenvalue weighted by atomic mass is 19.1. The van der Waals surface area contributed by atoms with E-state index in [1.165, 1.54) is 11.6 Å². The fraction of sp³-hybridized carbons (Fsp3) is 0.556. The van der Waals surface area contributed by atoms with Gasteiger partial charge in [0, 0.05) is 0 Å². The molecule has 0 spiro atoms. The molecule has 4 heteroatoms. The molecule has 1 fully saturated rings. The molecule has 0 unspecified atom stereocenters. The first-order valence-corrected chi connectivity index (χ1v) is 7.76. The van der Waals surface area contributed by atoms with Crippen LogP contribution in [0, 0.1) is 0 Å². The van der Waals surface area contributed by atoms with Gasteiger partial charge in [0.25, 0.3) is 0 Å². The molecule has 0 amide bonds. The second kappa shape index (κ2) is 5.50. The summed E-state index contributed by atoms with van der Waals surface area (Å²) in [6.07, 6.45) is 1.48. The molecule has 22 heavy (non-hydrogen) atoms. The summed E-state index contributed by atoms with van der Waals surface area (Å²) in [7, 11) is -0.938. The lowest BCUT2D eigenvalue weighted by molar-refractivity contribution is 0.00578. The molecule has 1 heterocycles. The third-order valence-corrected chi connectivity index (χ3v) is 4.56. The number of halogens is 1. The minimum Gasteiger partial charge on any atom is -0.398 e. The molecule has 1 saturated heterocycles. The molecule has 0 N–H and O–H groups in total. The summed E-state index contributed by atoms with van der Waals surface area (Å²) in [5.41, 5.74) is 0.660. The summed E-state index contributed by atoms with van der Waals surface area (Å²) in [5.74, 6) is 0. The van der Waals surface area contributed by atoms with Crippen molar-refractivity contribution in [2.24, 2.45) is 0 Å². The quantitative estimate of drug-likeness (QED) is 0.722. The lowest BCUT2D eigenvalue weighted by Gasteiger charge is -2.32. The topological polar surface area (TPSA) is 18.5 Å². The van der Waals surface area contributed by atoms with Crippen molar-refractivity contribution in [2.45, 2.75) is 65.1 Å². The molecule has 1 aliphatic heterocycles. The molecular weight excluding hydrogens is 278 g/mol. The van der Waals surface area contributed by atoms with Crippen LogP contribution in [-0.4, -0.2) is 18.3 Å². The van der Waals surface area contributed by atoms with E-state index >= 15 is 0 Å². The first kappa shape index (κ1) is 17.2. The summed E-state index contributed by atoms with van der Waals surface area (Å²) in [6.45, 7) is 14.1. The molecule has 0 radical (unpaired) electrons. The maximum Gasteiger partial charge on any atom is 0.525 e. The Hall–Kier alpha value is -1.13. The standard InChI is InChI=1S/C18H26BFO2/c1-16(2,3)14-10-8-13(9-11-14)12-15(20)19-21-17(4,5)18(6,7)22-19/h8-12H,1-7H3. The van der Waals surface area contributed by atoms with Gasteiger partial charge < -0.3 is 9.31 Å². The van der Waals surface area contributed by atoms with Crippen LogP contribution < -0.4 is 0 Å². The zero-order valence-corrected chi connectivity index (χ0v) is 14.7. The van der Waals surface area contributed by atoms with Gasteiger partial charge in [0.15, 0.2) is 0 Å². The lowest BCUT2D eigenvalue weighted by atomic mass is 9.85. The zero-order chi connectivity index (χ0) is 16.8. The fourth-order valence-corrected chi connectivity index (χ4v) is 2.26. The van der Waals surface area contributed by atoms with Crippen molar-refractivity contribution in [3.05, 3.63) is 41.1 Å². The fourth-order valence-electron chi connectivity index (χ4n) is 2.26. The number of rotatable bonds is 2. The van der Waals surface area contributed by atoms with Crippen molar-refractivity contribution in [3.63, 3.8) is 0 Å². The summed E-state index contributed by atoms with van der Waals surface area (Å²) in [6, 6.07) is 7.91. The Morgan fingerprint density at radius 3 is 1.86 bits per heavy atom. The van der Waals surface area contributed by atoms with E-state index in [0.29, 0.717) is 0 Å². The summed E-state index contributed by atoms with van der Waals surface area (Å²) in [4.78, 5) is 0. The first-order valence-electron chi connectivity index (χ1n) is 7.76. The molecule has 0 bridgehead atoms. The molecular formula is C18H26BFO2. The van der Waals surface area contributed by atoms with Crippen LogP contribution in [0.1, 0.15) is 59.6 Å². The predicted octanol–water partition coefficient (Wildman–Crippen LogP) is 4.93. The maximum absolute atomic E-state index is 14.4. The van der Waals surface area contributed by atoms with Crippen LogP contribution in [0.25, 0.3) is 6.08 Å². The monoisotopic (exact) mass is 304 g/mol. The van der Waals surface area contributed by atoms with E-state index in [1.54, 1.807) is 0 Å². The van der Waals surface area contributed by atoms with Crippen LogP contribution in [-0.2, 0) is 14.7 Å². The Labute approximate surface area is 133 Å². The SMILES string of the molecule is CC(C)(C)c1ccc(C=C(F)B2OC(C)(C)C(C)(C)O2)cc1. The van der Waals surface area contributed by atoms with E-state index in [1.807, 2.05) is 52.0 Å². The molecule has 1 aromatic carbocycles. The molecule has 1 aliphatic rings. The summed E-state index contributed by atoms with van der Waals surface area (Å²) < 4.78 is 25.8. The minimum atomic E-state index is -0.938. The van der Waals surface area contributed by atoms with Gasteiger partial charge in [-0.3, -0.25) is 0 Å². The average Bonchev–Trinajstić information content (AvgIpc) is 2.58. The second-order valence-electron chi connectivity index (χ2n) is 7.99. The smallest absolute Gasteiger partial charge is 0.398 e. The molecule has 120 valence electrons. The molecule has 2 rings (SSSR count). The van der Waals surface area contributed by atoms with Gasteiger partial charge in [0.05, 0.1) is 11.2 Å². The van der Waals surface area contributed by atoms with E-state index in [9.17, 15) is 4.39 Å². The third kappa shape index (κ3) is 3.44. The van der Waals surface area contributed by atoms with E-state index < -0.39 is 24.0 Å². The highest BCUT2D eigenvalue weighted by Crippen LogP contribution is 2.39. The van der Waals surface area contributed by atoms with Gasteiger partial charge in [0.1, 0.15) is 5.73 Å². The van der Waals surface area contributed by atoms with Crippen LogP contribution in [0.3, 0.4) is 0 Å². The summed E-state index contributed by atoms with van der Waals surface area (Å²) in [5, 5.41) is 0. The molecule has 0 aromatic heterocycles. The highest BCUT2D eigenvalue weighted by Gasteiger charge is 2.53. The predicted molar refractivity (Wildman–Crippen MR) is 90.3 cm³/mol. The maximum atomic E-state index is 14.4. The Morgan fingerprint density at radius 1 is 1.00 bits per heavy atom. The molecule has 0 aliphatic carbocycles. The Bertz CT molecular complexity index is 552. The van der Waals surface area contributed by atoms with Crippen LogP contribution in [0.15, 0.2) is 30.0 Å². The molecule has 1 aromatic rings. The largest absolute Gasteiger partial charge is 0.525 e. The highest BCUT2D eigenvalue weighted by molar-refractivity contribution is 6.54. The van der Waals surface area contributed by atoms with Gasteiger partial charge in [-0.05, 0) is 50.3 Å². The van der Waals surface area contributed by atoms with Gasteiger partial charge in [-0.1, -0.05) is 45.0 Å². The molecule has 2 nitrogen and oxygen atoms in total. The number of hydrogen-bond acceptors (Lipinski definition) is 2. The van der Waals surface area contributed by atoms with Gasteiger partial charge in [-0.25, -0.2) is 4.39 Å². The van der Waals surface area contributed by atoms with E-state index in [2.05, 4.69) is 20.8 Å². The average molecular weight is 304 g/mol. The number of hydrogen-bond donors (Lipinski definition) is 0. The van der Waals surface area contributed by atoms with E-state index in [-0.39, 0.29) is 5.41 Å². The Kier molecular flexibility index (Phi) is 4.31. The minimum absolute atomic E-state index is 0.0898. The van der Waals surface area contributed by atoms with Crippen LogP contribution in [0.4, 0.5) is 4.39 Å². The second-order valence-corrected chi connectivity index (χ2v) is 7.99. The van der Waals surface area contributed by atoms with Gasteiger partial charge in [-0.2, -0.15) is 0 Å². The first-order chi connectivity index (χ1) is 9.92. The Morgan fingerprint density at radius 2 is 1.45 bits per heavy atom. The Balaban J connectivity index is 2.17. The van der Waals surface area contributed by atoms with Crippen molar-refractivity contribution in [2.75, 3.05) is 0 Å². The van der Waals surface area contributed by atoms with Crippen molar-refractivity contribution in [1.29, 1.82) is 0 Å². The van der Waals surface area contributed by atoms with Crippen LogP contribution in [0.2, 0.25) is 0 Å².